The van der Waals surface area contributed by atoms with Crippen LogP contribution < -0.4 is 11.1 Å². The van der Waals surface area contributed by atoms with Crippen molar-refractivity contribution in [1.29, 1.82) is 0 Å². The zero-order valence-corrected chi connectivity index (χ0v) is 14.9. The Bertz CT molecular complexity index is 401. The highest BCUT2D eigenvalue weighted by atomic mass is 32.1. The number of nitrogens with one attached hydrogen (secondary N) is 1. The number of carboxylic acid groups (broad SMARTS) is 2. The van der Waals surface area contributed by atoms with E-state index in [0.717, 1.165) is 12.8 Å². The van der Waals surface area contributed by atoms with Crippen LogP contribution in [0.1, 0.15) is 26.2 Å². The fourth-order valence-electron chi connectivity index (χ4n) is 1.96. The molecule has 5 N–H and O–H groups in total. The van der Waals surface area contributed by atoms with Crippen LogP contribution in [0.2, 0.25) is 0 Å². The van der Waals surface area contributed by atoms with Crippen LogP contribution in [-0.2, 0) is 9.59 Å². The summed E-state index contributed by atoms with van der Waals surface area (Å²) < 4.78 is 0. The summed E-state index contributed by atoms with van der Waals surface area (Å²) in [6, 6.07) is -0.0339. The lowest BCUT2D eigenvalue weighted by Crippen LogP contribution is -2.52. The van der Waals surface area contributed by atoms with E-state index in [1.54, 1.807) is 4.90 Å². The van der Waals surface area contributed by atoms with Gasteiger partial charge in [0.25, 0.3) is 0 Å². The molecule has 1 aliphatic heterocycles. The zero-order valence-electron chi connectivity index (χ0n) is 14.0. The van der Waals surface area contributed by atoms with E-state index in [4.69, 9.17) is 15.9 Å². The molecule has 0 aliphatic carbocycles. The number of carbonyl (C=O) groups excluding carboxylic acids is 1. The monoisotopic (exact) mass is 364 g/mol. The molecule has 1 aliphatic rings. The summed E-state index contributed by atoms with van der Waals surface area (Å²) in [6.07, 6.45) is 1.97. The van der Waals surface area contributed by atoms with Gasteiger partial charge in [0.2, 0.25) is 0 Å². The number of nitrogens with two attached hydrogens (primary N) is 1. The van der Waals surface area contributed by atoms with Crippen LogP contribution in [0.15, 0.2) is 0 Å². The molecule has 1 saturated heterocycles. The van der Waals surface area contributed by atoms with Gasteiger partial charge in [-0.25, -0.2) is 4.79 Å². The number of thiol groups is 1. The van der Waals surface area contributed by atoms with Crippen molar-refractivity contribution >= 4 is 30.6 Å². The number of unbranched alkanes of at least 4 members (excludes halogenated alkanes) is 1. The molecular formula is C14H28N4O5S. The first-order chi connectivity index (χ1) is 11.3. The molecule has 10 heteroatoms. The Labute approximate surface area is 147 Å². The number of aliphatic carboxylic acids is 2. The van der Waals surface area contributed by atoms with E-state index in [0.29, 0.717) is 32.7 Å². The smallest absolute Gasteiger partial charge is 0.317 e. The lowest BCUT2D eigenvalue weighted by molar-refractivity contribution is -0.139. The van der Waals surface area contributed by atoms with Gasteiger partial charge in [0.1, 0.15) is 0 Å². The Morgan fingerprint density at radius 1 is 1.17 bits per heavy atom. The minimum absolute atomic E-state index is 0.0339. The normalized spacial score (nSPS) is 15.9. The van der Waals surface area contributed by atoms with E-state index in [1.807, 2.05) is 4.90 Å². The minimum atomic E-state index is -0.914. The van der Waals surface area contributed by atoms with Gasteiger partial charge in [-0.1, -0.05) is 13.3 Å². The number of nitrogens with zero attached hydrogens (tertiary/aromatic N) is 2. The number of amides is 2. The molecule has 1 heterocycles. The molecule has 1 rings (SSSR count). The molecular weight excluding hydrogens is 336 g/mol. The van der Waals surface area contributed by atoms with Gasteiger partial charge in [-0.15, -0.1) is 0 Å². The highest BCUT2D eigenvalue weighted by Crippen LogP contribution is 2.01. The summed E-state index contributed by atoms with van der Waals surface area (Å²) in [7, 11) is 0. The second kappa shape index (κ2) is 12.8. The van der Waals surface area contributed by atoms with Crippen LogP contribution in [0.3, 0.4) is 0 Å². The fourth-order valence-corrected chi connectivity index (χ4v) is 2.12. The van der Waals surface area contributed by atoms with Gasteiger partial charge in [-0.2, -0.15) is 12.6 Å². The molecule has 24 heavy (non-hydrogen) atoms. The lowest BCUT2D eigenvalue weighted by atomic mass is 10.3. The van der Waals surface area contributed by atoms with E-state index < -0.39 is 17.3 Å². The Morgan fingerprint density at radius 3 is 2.12 bits per heavy atom. The van der Waals surface area contributed by atoms with Crippen molar-refractivity contribution < 1.29 is 24.6 Å². The lowest BCUT2D eigenvalue weighted by Gasteiger charge is -2.33. The predicted octanol–water partition coefficient (Wildman–Crippen LogP) is -0.126. The molecule has 0 bridgehead atoms. The molecule has 140 valence electrons. The highest BCUT2D eigenvalue weighted by Gasteiger charge is 2.21. The highest BCUT2D eigenvalue weighted by molar-refractivity contribution is 7.80. The third-order valence-corrected chi connectivity index (χ3v) is 3.39. The molecule has 0 aromatic rings. The van der Waals surface area contributed by atoms with Crippen molar-refractivity contribution in [3.63, 3.8) is 0 Å². The summed E-state index contributed by atoms with van der Waals surface area (Å²) in [5.74, 6) is -1.73. The van der Waals surface area contributed by atoms with Crippen LogP contribution in [0, 0.1) is 0 Å². The van der Waals surface area contributed by atoms with E-state index in [9.17, 15) is 14.4 Å². The average Bonchev–Trinajstić information content (AvgIpc) is 2.46. The number of carboxylic acids is 2. The van der Waals surface area contributed by atoms with Crippen LogP contribution >= 0.6 is 12.6 Å². The first kappa shape index (κ1) is 22.5. The number of hydrogen-bond donors (Lipinski definition) is 5. The second-order valence-corrected chi connectivity index (χ2v) is 6.07. The average molecular weight is 364 g/mol. The van der Waals surface area contributed by atoms with Gasteiger partial charge in [0.05, 0.1) is 18.3 Å². The Hall–Kier alpha value is -1.52. The van der Waals surface area contributed by atoms with Crippen molar-refractivity contribution in [2.45, 2.75) is 31.6 Å². The second-order valence-electron chi connectivity index (χ2n) is 5.41. The van der Waals surface area contributed by atoms with Crippen molar-refractivity contribution in [3.8, 4) is 0 Å². The fraction of sp³-hybridized carbons (Fsp3) is 0.786. The number of hydrogen-bond acceptors (Lipinski definition) is 6. The molecule has 0 aromatic heterocycles. The Morgan fingerprint density at radius 2 is 1.75 bits per heavy atom. The summed E-state index contributed by atoms with van der Waals surface area (Å²) in [4.78, 5) is 35.5. The summed E-state index contributed by atoms with van der Waals surface area (Å²) in [5.41, 5.74) is 4.98. The van der Waals surface area contributed by atoms with Crippen molar-refractivity contribution in [2.75, 3.05) is 39.3 Å². The van der Waals surface area contributed by atoms with Crippen LogP contribution in [0.5, 0.6) is 0 Å². The van der Waals surface area contributed by atoms with Crippen LogP contribution in [0.25, 0.3) is 0 Å². The third kappa shape index (κ3) is 12.0. The third-order valence-electron chi connectivity index (χ3n) is 3.21. The Balaban J connectivity index is 0.000000640. The maximum Gasteiger partial charge on any atom is 0.317 e. The van der Waals surface area contributed by atoms with Crippen molar-refractivity contribution in [3.05, 3.63) is 0 Å². The van der Waals surface area contributed by atoms with Gasteiger partial charge in [-0.05, 0) is 6.42 Å². The SMILES string of the molecule is CCCCNC(=O)N1CCN(CC(=O)O)CC1.NC(S)CC(=O)O. The van der Waals surface area contributed by atoms with Gasteiger partial charge >= 0.3 is 18.0 Å². The standard InChI is InChI=1S/C11H21N3O3.C3H7NO2S/c1-2-3-4-12-11(17)14-7-5-13(6-8-14)9-10(15)16;4-2(7)1-3(5)6/h2-9H2,1H3,(H,12,17)(H,15,16);2,7H,1,4H2,(H,5,6). The van der Waals surface area contributed by atoms with Crippen molar-refractivity contribution in [1.82, 2.24) is 15.1 Å². The summed E-state index contributed by atoms with van der Waals surface area (Å²) >= 11 is 3.63. The van der Waals surface area contributed by atoms with Crippen LogP contribution in [0.4, 0.5) is 4.79 Å². The largest absolute Gasteiger partial charge is 0.481 e. The molecule has 0 spiro atoms. The molecule has 1 fully saturated rings. The number of urea groups is 1. The topological polar surface area (TPSA) is 136 Å². The van der Waals surface area contributed by atoms with E-state index in [-0.39, 0.29) is 19.0 Å². The van der Waals surface area contributed by atoms with Crippen LogP contribution in [-0.4, -0.2) is 82.6 Å². The molecule has 1 atom stereocenters. The summed E-state index contributed by atoms with van der Waals surface area (Å²) in [5, 5.41) is 18.9. The van der Waals surface area contributed by atoms with E-state index in [2.05, 4.69) is 24.9 Å². The van der Waals surface area contributed by atoms with E-state index >= 15 is 0 Å². The molecule has 1 unspecified atom stereocenters. The molecule has 0 aromatic carbocycles. The van der Waals surface area contributed by atoms with Gasteiger partial charge < -0.3 is 26.2 Å². The molecule has 2 amide bonds. The zero-order chi connectivity index (χ0) is 18.5. The Kier molecular flexibility index (Phi) is 12.0. The number of carbonyl (C=O) groups is 3. The van der Waals surface area contributed by atoms with E-state index in [1.165, 1.54) is 0 Å². The summed E-state index contributed by atoms with van der Waals surface area (Å²) in [6.45, 7) is 5.32. The predicted molar refractivity (Wildman–Crippen MR) is 93.2 cm³/mol. The molecule has 0 radical (unpaired) electrons. The molecule has 9 nitrogen and oxygen atoms in total. The maximum absolute atomic E-state index is 11.7. The number of piperazine rings is 1. The molecule has 0 saturated carbocycles. The quantitative estimate of drug-likeness (QED) is 0.241. The number of rotatable bonds is 7. The van der Waals surface area contributed by atoms with Crippen molar-refractivity contribution in [2.24, 2.45) is 5.73 Å². The first-order valence-electron chi connectivity index (χ1n) is 7.88. The maximum atomic E-state index is 11.7. The van der Waals surface area contributed by atoms with Gasteiger partial charge in [-0.3, -0.25) is 14.5 Å². The van der Waals surface area contributed by atoms with Gasteiger partial charge in [0, 0.05) is 32.7 Å². The first-order valence-corrected chi connectivity index (χ1v) is 8.40. The minimum Gasteiger partial charge on any atom is -0.481 e. The van der Waals surface area contributed by atoms with Gasteiger partial charge in [0.15, 0.2) is 0 Å².